The molecule has 1 aliphatic heterocycles. The molecule has 1 amide bonds. The molecule has 3 nitrogen and oxygen atoms in total. The van der Waals surface area contributed by atoms with Crippen molar-refractivity contribution in [2.24, 2.45) is 5.92 Å². The molecule has 2 rings (SSSR count). The molecule has 0 radical (unpaired) electrons. The second kappa shape index (κ2) is 5.48. The lowest BCUT2D eigenvalue weighted by molar-refractivity contribution is -0.163. The molecule has 1 fully saturated rings. The van der Waals surface area contributed by atoms with Crippen LogP contribution in [0.15, 0.2) is 18.2 Å². The number of amides is 1. The zero-order chi connectivity index (χ0) is 14.9. The fourth-order valence-electron chi connectivity index (χ4n) is 2.26. The van der Waals surface area contributed by atoms with E-state index in [-0.39, 0.29) is 18.2 Å². The van der Waals surface area contributed by atoms with Crippen LogP contribution in [0.3, 0.4) is 0 Å². The van der Waals surface area contributed by atoms with Gasteiger partial charge in [-0.1, -0.05) is 19.9 Å². The number of aliphatic hydroxyl groups is 1. The Kier molecular flexibility index (Phi) is 4.09. The zero-order valence-electron chi connectivity index (χ0n) is 11.7. The molecule has 20 heavy (non-hydrogen) atoms. The van der Waals surface area contributed by atoms with Crippen LogP contribution in [0.25, 0.3) is 0 Å². The van der Waals surface area contributed by atoms with Gasteiger partial charge in [0.2, 0.25) is 5.91 Å². The minimum Gasteiger partial charge on any atom is -0.386 e. The lowest BCUT2D eigenvalue weighted by Crippen LogP contribution is -2.65. The first-order valence-corrected chi connectivity index (χ1v) is 6.76. The molecule has 5 heteroatoms. The average molecular weight is 283 g/mol. The average Bonchev–Trinajstić information content (AvgIpc) is 2.35. The van der Waals surface area contributed by atoms with E-state index in [0.717, 1.165) is 12.1 Å². The van der Waals surface area contributed by atoms with Crippen molar-refractivity contribution < 1.29 is 18.7 Å². The highest BCUT2D eigenvalue weighted by Crippen LogP contribution is 2.29. The van der Waals surface area contributed by atoms with Crippen LogP contribution in [-0.2, 0) is 11.2 Å². The van der Waals surface area contributed by atoms with Gasteiger partial charge in [-0.2, -0.15) is 0 Å². The largest absolute Gasteiger partial charge is 0.386 e. The second-order valence-electron chi connectivity index (χ2n) is 5.76. The van der Waals surface area contributed by atoms with Gasteiger partial charge in [-0.15, -0.1) is 0 Å². The van der Waals surface area contributed by atoms with Crippen molar-refractivity contribution in [1.29, 1.82) is 0 Å². The summed E-state index contributed by atoms with van der Waals surface area (Å²) < 4.78 is 25.8. The Labute approximate surface area is 117 Å². The van der Waals surface area contributed by atoms with Gasteiger partial charge in [0.05, 0.1) is 13.1 Å². The third kappa shape index (κ3) is 2.98. The number of aryl methyl sites for hydroxylation is 1. The highest BCUT2D eigenvalue weighted by Gasteiger charge is 2.45. The molecular weight excluding hydrogens is 264 g/mol. The van der Waals surface area contributed by atoms with Crippen LogP contribution in [0.2, 0.25) is 0 Å². The second-order valence-corrected chi connectivity index (χ2v) is 5.76. The SMILES string of the molecule is CC(C)C1(O)CN(C(=O)CCc2ccc(F)c(F)c2)C1. The Morgan fingerprint density at radius 2 is 2.00 bits per heavy atom. The summed E-state index contributed by atoms with van der Waals surface area (Å²) in [6.07, 6.45) is 0.603. The third-order valence-electron chi connectivity index (χ3n) is 3.97. The van der Waals surface area contributed by atoms with Crippen molar-refractivity contribution in [2.75, 3.05) is 13.1 Å². The van der Waals surface area contributed by atoms with Crippen molar-refractivity contribution in [2.45, 2.75) is 32.3 Å². The predicted molar refractivity (Wildman–Crippen MR) is 71.0 cm³/mol. The number of halogens is 2. The van der Waals surface area contributed by atoms with E-state index >= 15 is 0 Å². The molecule has 1 heterocycles. The standard InChI is InChI=1S/C15H19F2NO2/c1-10(2)15(20)8-18(9-15)14(19)6-4-11-3-5-12(16)13(17)7-11/h3,5,7,10,20H,4,6,8-9H2,1-2H3. The van der Waals surface area contributed by atoms with Gasteiger partial charge >= 0.3 is 0 Å². The fraction of sp³-hybridized carbons (Fsp3) is 0.533. The van der Waals surface area contributed by atoms with E-state index in [9.17, 15) is 18.7 Å². The number of carbonyl (C=O) groups excluding carboxylic acids is 1. The summed E-state index contributed by atoms with van der Waals surface area (Å²) in [7, 11) is 0. The molecule has 0 aliphatic carbocycles. The highest BCUT2D eigenvalue weighted by molar-refractivity contribution is 5.77. The lowest BCUT2D eigenvalue weighted by atomic mass is 9.83. The van der Waals surface area contributed by atoms with Crippen LogP contribution in [0, 0.1) is 17.6 Å². The third-order valence-corrected chi connectivity index (χ3v) is 3.97. The summed E-state index contributed by atoms with van der Waals surface area (Å²) in [6, 6.07) is 3.66. The molecule has 0 saturated carbocycles. The van der Waals surface area contributed by atoms with Crippen molar-refractivity contribution in [3.05, 3.63) is 35.4 Å². The van der Waals surface area contributed by atoms with E-state index in [1.165, 1.54) is 6.07 Å². The summed E-state index contributed by atoms with van der Waals surface area (Å²) in [5.74, 6) is -1.74. The van der Waals surface area contributed by atoms with Crippen LogP contribution in [-0.4, -0.2) is 34.6 Å². The van der Waals surface area contributed by atoms with Crippen LogP contribution < -0.4 is 0 Å². The van der Waals surface area contributed by atoms with Gasteiger partial charge < -0.3 is 10.0 Å². The molecule has 1 saturated heterocycles. The maximum Gasteiger partial charge on any atom is 0.223 e. The molecular formula is C15H19F2NO2. The summed E-state index contributed by atoms with van der Waals surface area (Å²) in [5, 5.41) is 10.1. The Balaban J connectivity index is 1.83. The quantitative estimate of drug-likeness (QED) is 0.919. The number of β-amino-alcohol motifs (C(OH)–C–C–N with tert-alkyl or cyclic N) is 1. The maximum absolute atomic E-state index is 13.0. The molecule has 1 N–H and O–H groups in total. The van der Waals surface area contributed by atoms with Crippen molar-refractivity contribution in [3.63, 3.8) is 0 Å². The van der Waals surface area contributed by atoms with Crippen LogP contribution >= 0.6 is 0 Å². The number of likely N-dealkylation sites (tertiary alicyclic amines) is 1. The number of hydrogen-bond acceptors (Lipinski definition) is 2. The minimum atomic E-state index is -0.895. The lowest BCUT2D eigenvalue weighted by Gasteiger charge is -2.49. The van der Waals surface area contributed by atoms with Gasteiger partial charge in [-0.05, 0) is 30.0 Å². The van der Waals surface area contributed by atoms with Gasteiger partial charge in [-0.25, -0.2) is 8.78 Å². The number of nitrogens with zero attached hydrogens (tertiary/aromatic N) is 1. The summed E-state index contributed by atoms with van der Waals surface area (Å²) in [4.78, 5) is 13.5. The molecule has 110 valence electrons. The first-order valence-electron chi connectivity index (χ1n) is 6.76. The molecule has 1 aliphatic rings. The highest BCUT2D eigenvalue weighted by atomic mass is 19.2. The van der Waals surface area contributed by atoms with Gasteiger partial charge in [0.1, 0.15) is 5.60 Å². The van der Waals surface area contributed by atoms with E-state index in [1.54, 1.807) is 4.90 Å². The smallest absolute Gasteiger partial charge is 0.223 e. The predicted octanol–water partition coefficient (Wildman–Crippen LogP) is 2.13. The first kappa shape index (κ1) is 14.9. The van der Waals surface area contributed by atoms with Crippen LogP contribution in [0.1, 0.15) is 25.8 Å². The Morgan fingerprint density at radius 1 is 1.35 bits per heavy atom. The molecule has 1 aromatic rings. The Morgan fingerprint density at radius 3 is 2.55 bits per heavy atom. The van der Waals surface area contributed by atoms with Crippen LogP contribution in [0.5, 0.6) is 0 Å². The van der Waals surface area contributed by atoms with Crippen LogP contribution in [0.4, 0.5) is 8.78 Å². The number of hydrogen-bond donors (Lipinski definition) is 1. The topological polar surface area (TPSA) is 40.5 Å². The molecule has 0 atom stereocenters. The molecule has 0 spiro atoms. The summed E-state index contributed by atoms with van der Waals surface area (Å²) in [5.41, 5.74) is -0.186. The molecule has 1 aromatic carbocycles. The molecule has 0 unspecified atom stereocenters. The fourth-order valence-corrected chi connectivity index (χ4v) is 2.26. The monoisotopic (exact) mass is 283 g/mol. The first-order chi connectivity index (χ1) is 9.32. The number of rotatable bonds is 4. The normalized spacial score (nSPS) is 17.2. The van der Waals surface area contributed by atoms with E-state index < -0.39 is 17.2 Å². The summed E-state index contributed by atoms with van der Waals surface area (Å²) >= 11 is 0. The number of benzene rings is 1. The Bertz CT molecular complexity index is 511. The number of carbonyl (C=O) groups is 1. The van der Waals surface area contributed by atoms with E-state index in [2.05, 4.69) is 0 Å². The van der Waals surface area contributed by atoms with E-state index in [1.807, 2.05) is 13.8 Å². The van der Waals surface area contributed by atoms with Crippen molar-refractivity contribution in [3.8, 4) is 0 Å². The Hall–Kier alpha value is -1.49. The van der Waals surface area contributed by atoms with Crippen molar-refractivity contribution >= 4 is 5.91 Å². The zero-order valence-corrected chi connectivity index (χ0v) is 11.7. The van der Waals surface area contributed by atoms with Gasteiger partial charge in [0, 0.05) is 6.42 Å². The summed E-state index contributed by atoms with van der Waals surface area (Å²) in [6.45, 7) is 4.54. The van der Waals surface area contributed by atoms with Gasteiger partial charge in [-0.3, -0.25) is 4.79 Å². The maximum atomic E-state index is 13.0. The molecule has 0 bridgehead atoms. The van der Waals surface area contributed by atoms with Gasteiger partial charge in [0.25, 0.3) is 0 Å². The van der Waals surface area contributed by atoms with Gasteiger partial charge in [0.15, 0.2) is 11.6 Å². The molecule has 0 aromatic heterocycles. The van der Waals surface area contributed by atoms with E-state index in [0.29, 0.717) is 25.1 Å². The van der Waals surface area contributed by atoms with Crippen molar-refractivity contribution in [1.82, 2.24) is 4.90 Å². The van der Waals surface area contributed by atoms with E-state index in [4.69, 9.17) is 0 Å². The minimum absolute atomic E-state index is 0.0694.